The summed E-state index contributed by atoms with van der Waals surface area (Å²) in [6.07, 6.45) is 0.662. The van der Waals surface area contributed by atoms with Gasteiger partial charge in [0, 0.05) is 5.56 Å². The first-order chi connectivity index (χ1) is 6.61. The zero-order chi connectivity index (χ0) is 10.7. The van der Waals surface area contributed by atoms with Crippen LogP contribution in [0.5, 0.6) is 5.75 Å². The normalized spacial score (nSPS) is 10.7. The second-order valence-electron chi connectivity index (χ2n) is 3.66. The van der Waals surface area contributed by atoms with Gasteiger partial charge in [-0.05, 0) is 24.0 Å². The number of halogens is 1. The molecule has 0 aliphatic carbocycles. The van der Waals surface area contributed by atoms with E-state index in [0.29, 0.717) is 23.7 Å². The molecule has 0 radical (unpaired) electrons. The zero-order valence-electron chi connectivity index (χ0n) is 9.23. The molecule has 0 aliphatic heterocycles. The Morgan fingerprint density at radius 2 is 2.00 bits per heavy atom. The molecule has 1 aromatic rings. The summed E-state index contributed by atoms with van der Waals surface area (Å²) in [4.78, 5) is 0. The van der Waals surface area contributed by atoms with Gasteiger partial charge in [-0.1, -0.05) is 26.8 Å². The standard InChI is InChI=1S/C12H17FO/c1-5-9-11(13)7-6-10(8(2)3)12(9)14-4/h6-8H,5H2,1-4H3. The van der Waals surface area contributed by atoms with Gasteiger partial charge in [-0.25, -0.2) is 4.39 Å². The minimum atomic E-state index is -0.172. The van der Waals surface area contributed by atoms with E-state index in [1.165, 1.54) is 6.07 Å². The summed E-state index contributed by atoms with van der Waals surface area (Å²) in [5.41, 5.74) is 1.75. The molecule has 78 valence electrons. The number of ether oxygens (including phenoxy) is 1. The molecule has 1 rings (SSSR count). The molecule has 1 aromatic carbocycles. The Kier molecular flexibility index (Phi) is 3.50. The smallest absolute Gasteiger partial charge is 0.130 e. The van der Waals surface area contributed by atoms with Crippen molar-refractivity contribution in [2.75, 3.05) is 7.11 Å². The van der Waals surface area contributed by atoms with Gasteiger partial charge < -0.3 is 4.74 Å². The topological polar surface area (TPSA) is 9.23 Å². The first-order valence-electron chi connectivity index (χ1n) is 4.97. The highest BCUT2D eigenvalue weighted by atomic mass is 19.1. The van der Waals surface area contributed by atoms with E-state index in [9.17, 15) is 4.39 Å². The quantitative estimate of drug-likeness (QED) is 0.718. The molecule has 0 amide bonds. The largest absolute Gasteiger partial charge is 0.496 e. The minimum absolute atomic E-state index is 0.172. The summed E-state index contributed by atoms with van der Waals surface area (Å²) < 4.78 is 18.7. The van der Waals surface area contributed by atoms with Gasteiger partial charge in [0.2, 0.25) is 0 Å². The number of hydrogen-bond acceptors (Lipinski definition) is 1. The SMILES string of the molecule is CCc1c(F)ccc(C(C)C)c1OC. The maximum Gasteiger partial charge on any atom is 0.130 e. The van der Waals surface area contributed by atoms with E-state index in [4.69, 9.17) is 4.74 Å². The predicted molar refractivity (Wildman–Crippen MR) is 56.4 cm³/mol. The van der Waals surface area contributed by atoms with Crippen molar-refractivity contribution < 1.29 is 9.13 Å². The highest BCUT2D eigenvalue weighted by Gasteiger charge is 2.14. The van der Waals surface area contributed by atoms with E-state index in [0.717, 1.165) is 5.56 Å². The third kappa shape index (κ3) is 1.89. The molecular weight excluding hydrogens is 179 g/mol. The highest BCUT2D eigenvalue weighted by molar-refractivity contribution is 5.44. The molecule has 0 aliphatic rings. The van der Waals surface area contributed by atoms with E-state index in [1.807, 2.05) is 6.92 Å². The van der Waals surface area contributed by atoms with Gasteiger partial charge in [0.15, 0.2) is 0 Å². The van der Waals surface area contributed by atoms with Crippen molar-refractivity contribution in [1.29, 1.82) is 0 Å². The van der Waals surface area contributed by atoms with Crippen LogP contribution in [0.3, 0.4) is 0 Å². The molecule has 0 aromatic heterocycles. The third-order valence-electron chi connectivity index (χ3n) is 2.41. The average Bonchev–Trinajstić information content (AvgIpc) is 2.16. The number of hydrogen-bond donors (Lipinski definition) is 0. The number of benzene rings is 1. The summed E-state index contributed by atoms with van der Waals surface area (Å²) in [6, 6.07) is 3.33. The summed E-state index contributed by atoms with van der Waals surface area (Å²) in [6.45, 7) is 6.09. The molecule has 0 N–H and O–H groups in total. The Labute approximate surface area is 84.9 Å². The van der Waals surface area contributed by atoms with Gasteiger partial charge in [0.1, 0.15) is 11.6 Å². The van der Waals surface area contributed by atoms with Gasteiger partial charge in [-0.3, -0.25) is 0 Å². The molecule has 0 fully saturated rings. The Balaban J connectivity index is 3.33. The van der Waals surface area contributed by atoms with Crippen LogP contribution in [0.25, 0.3) is 0 Å². The lowest BCUT2D eigenvalue weighted by Crippen LogP contribution is -2.01. The van der Waals surface area contributed by atoms with Crippen LogP contribution in [0.4, 0.5) is 4.39 Å². The Morgan fingerprint density at radius 3 is 2.43 bits per heavy atom. The summed E-state index contributed by atoms with van der Waals surface area (Å²) in [7, 11) is 1.60. The second kappa shape index (κ2) is 4.45. The van der Waals surface area contributed by atoms with Crippen LogP contribution in [0.2, 0.25) is 0 Å². The summed E-state index contributed by atoms with van der Waals surface area (Å²) >= 11 is 0. The van der Waals surface area contributed by atoms with Crippen LogP contribution in [0.15, 0.2) is 12.1 Å². The molecule has 14 heavy (non-hydrogen) atoms. The summed E-state index contributed by atoms with van der Waals surface area (Å²) in [5, 5.41) is 0. The monoisotopic (exact) mass is 196 g/mol. The van der Waals surface area contributed by atoms with Crippen molar-refractivity contribution >= 4 is 0 Å². The maximum atomic E-state index is 13.4. The van der Waals surface area contributed by atoms with Crippen molar-refractivity contribution in [3.8, 4) is 5.75 Å². The van der Waals surface area contributed by atoms with Crippen molar-refractivity contribution in [3.63, 3.8) is 0 Å². The fraction of sp³-hybridized carbons (Fsp3) is 0.500. The molecular formula is C12H17FO. The Hall–Kier alpha value is -1.05. The third-order valence-corrected chi connectivity index (χ3v) is 2.41. The molecule has 0 heterocycles. The fourth-order valence-electron chi connectivity index (χ4n) is 1.65. The highest BCUT2D eigenvalue weighted by Crippen LogP contribution is 2.31. The van der Waals surface area contributed by atoms with Gasteiger partial charge in [-0.15, -0.1) is 0 Å². The van der Waals surface area contributed by atoms with Gasteiger partial charge >= 0.3 is 0 Å². The Morgan fingerprint density at radius 1 is 1.36 bits per heavy atom. The number of rotatable bonds is 3. The molecule has 0 bridgehead atoms. The first-order valence-corrected chi connectivity index (χ1v) is 4.97. The minimum Gasteiger partial charge on any atom is -0.496 e. The molecule has 2 heteroatoms. The number of methoxy groups -OCH3 is 1. The predicted octanol–water partition coefficient (Wildman–Crippen LogP) is 3.52. The van der Waals surface area contributed by atoms with Crippen LogP contribution in [-0.2, 0) is 6.42 Å². The van der Waals surface area contributed by atoms with Gasteiger partial charge in [0.25, 0.3) is 0 Å². The molecule has 0 saturated carbocycles. The van der Waals surface area contributed by atoms with E-state index in [-0.39, 0.29) is 5.82 Å². The van der Waals surface area contributed by atoms with Gasteiger partial charge in [-0.2, -0.15) is 0 Å². The van der Waals surface area contributed by atoms with Crippen LogP contribution >= 0.6 is 0 Å². The van der Waals surface area contributed by atoms with Crippen LogP contribution in [-0.4, -0.2) is 7.11 Å². The van der Waals surface area contributed by atoms with E-state index in [2.05, 4.69) is 13.8 Å². The maximum absolute atomic E-state index is 13.4. The molecule has 1 nitrogen and oxygen atoms in total. The van der Waals surface area contributed by atoms with Crippen LogP contribution < -0.4 is 4.74 Å². The van der Waals surface area contributed by atoms with Crippen LogP contribution in [0, 0.1) is 5.82 Å². The second-order valence-corrected chi connectivity index (χ2v) is 3.66. The van der Waals surface area contributed by atoms with Crippen molar-refractivity contribution in [2.24, 2.45) is 0 Å². The molecule has 0 spiro atoms. The van der Waals surface area contributed by atoms with Crippen LogP contribution in [0.1, 0.15) is 37.8 Å². The lowest BCUT2D eigenvalue weighted by atomic mass is 9.97. The van der Waals surface area contributed by atoms with E-state index >= 15 is 0 Å². The van der Waals surface area contributed by atoms with Crippen molar-refractivity contribution in [2.45, 2.75) is 33.1 Å². The van der Waals surface area contributed by atoms with Gasteiger partial charge in [0.05, 0.1) is 7.11 Å². The fourth-order valence-corrected chi connectivity index (χ4v) is 1.65. The first kappa shape index (κ1) is 11.0. The molecule has 0 saturated heterocycles. The average molecular weight is 196 g/mol. The Bertz CT molecular complexity index is 318. The molecule has 0 atom stereocenters. The van der Waals surface area contributed by atoms with Crippen molar-refractivity contribution in [3.05, 3.63) is 29.1 Å². The molecule has 0 unspecified atom stereocenters. The lowest BCUT2D eigenvalue weighted by molar-refractivity contribution is 0.397. The van der Waals surface area contributed by atoms with E-state index in [1.54, 1.807) is 13.2 Å². The lowest BCUT2D eigenvalue weighted by Gasteiger charge is -2.15. The zero-order valence-corrected chi connectivity index (χ0v) is 9.23. The summed E-state index contributed by atoms with van der Waals surface area (Å²) in [5.74, 6) is 0.895. The van der Waals surface area contributed by atoms with E-state index < -0.39 is 0 Å². The van der Waals surface area contributed by atoms with Crippen molar-refractivity contribution in [1.82, 2.24) is 0 Å².